The lowest BCUT2D eigenvalue weighted by Gasteiger charge is -2.23. The van der Waals surface area contributed by atoms with Crippen molar-refractivity contribution in [3.8, 4) is 0 Å². The topological polar surface area (TPSA) is 29.5 Å². The molecular formula is C12H23NO2. The number of likely N-dealkylation sites (tertiary alicyclic amines) is 1. The zero-order valence-electron chi connectivity index (χ0n) is 10.5. The lowest BCUT2D eigenvalue weighted by Crippen LogP contribution is -2.32. The molecule has 0 amide bonds. The number of carbonyl (C=O) groups is 1. The molecule has 0 radical (unpaired) electrons. The summed E-state index contributed by atoms with van der Waals surface area (Å²) < 4.78 is 5.38. The monoisotopic (exact) mass is 213 g/mol. The predicted molar refractivity (Wildman–Crippen MR) is 60.7 cm³/mol. The van der Waals surface area contributed by atoms with Gasteiger partial charge in [0, 0.05) is 12.6 Å². The minimum atomic E-state index is -0.359. The second-order valence-corrected chi connectivity index (χ2v) is 5.61. The van der Waals surface area contributed by atoms with Crippen molar-refractivity contribution in [1.82, 2.24) is 4.90 Å². The molecule has 1 aliphatic heterocycles. The van der Waals surface area contributed by atoms with Crippen LogP contribution in [0.1, 0.15) is 41.0 Å². The molecule has 0 N–H and O–H groups in total. The van der Waals surface area contributed by atoms with E-state index in [2.05, 4.69) is 18.7 Å². The molecule has 1 fully saturated rings. The molecule has 0 aliphatic carbocycles. The quantitative estimate of drug-likeness (QED) is 0.658. The van der Waals surface area contributed by atoms with Gasteiger partial charge in [0.2, 0.25) is 0 Å². The van der Waals surface area contributed by atoms with E-state index in [9.17, 15) is 4.79 Å². The van der Waals surface area contributed by atoms with Crippen LogP contribution in [0.3, 0.4) is 0 Å². The smallest absolute Gasteiger partial charge is 0.310 e. The zero-order chi connectivity index (χ0) is 11.6. The molecule has 0 aromatic rings. The number of carbonyl (C=O) groups excluding carboxylic acids is 1. The number of hydrogen-bond donors (Lipinski definition) is 0. The number of rotatable bonds is 2. The third kappa shape index (κ3) is 3.82. The van der Waals surface area contributed by atoms with Gasteiger partial charge in [-0.15, -0.1) is 0 Å². The van der Waals surface area contributed by atoms with E-state index in [4.69, 9.17) is 4.74 Å². The Morgan fingerprint density at radius 1 is 1.40 bits per heavy atom. The average Bonchev–Trinajstić information content (AvgIpc) is 2.47. The lowest BCUT2D eigenvalue weighted by molar-refractivity contribution is -0.159. The fraction of sp³-hybridized carbons (Fsp3) is 0.917. The van der Waals surface area contributed by atoms with Crippen LogP contribution in [0, 0.1) is 5.92 Å². The standard InChI is InChI=1S/C12H23NO2/c1-9(2)13-7-6-10(8-13)11(14)15-12(3,4)5/h9-10H,6-8H2,1-5H3. The van der Waals surface area contributed by atoms with Gasteiger partial charge in [-0.1, -0.05) is 0 Å². The molecule has 1 unspecified atom stereocenters. The number of nitrogens with zero attached hydrogens (tertiary/aromatic N) is 1. The van der Waals surface area contributed by atoms with Crippen LogP contribution in [-0.4, -0.2) is 35.6 Å². The summed E-state index contributed by atoms with van der Waals surface area (Å²) in [7, 11) is 0. The molecule has 88 valence electrons. The van der Waals surface area contributed by atoms with Crippen LogP contribution in [0.4, 0.5) is 0 Å². The molecule has 0 spiro atoms. The second-order valence-electron chi connectivity index (χ2n) is 5.61. The zero-order valence-corrected chi connectivity index (χ0v) is 10.5. The molecule has 3 heteroatoms. The molecule has 0 aromatic carbocycles. The normalized spacial score (nSPS) is 23.5. The summed E-state index contributed by atoms with van der Waals surface area (Å²) >= 11 is 0. The van der Waals surface area contributed by atoms with Crippen LogP contribution in [0.5, 0.6) is 0 Å². The molecule has 1 atom stereocenters. The first-order chi connectivity index (χ1) is 6.79. The van der Waals surface area contributed by atoms with Gasteiger partial charge in [0.25, 0.3) is 0 Å². The summed E-state index contributed by atoms with van der Waals surface area (Å²) in [5.74, 6) is 0.0391. The largest absolute Gasteiger partial charge is 0.460 e. The Morgan fingerprint density at radius 2 is 2.00 bits per heavy atom. The molecule has 0 saturated carbocycles. The van der Waals surface area contributed by atoms with Crippen LogP contribution < -0.4 is 0 Å². The molecule has 1 aliphatic rings. The Morgan fingerprint density at radius 3 is 2.40 bits per heavy atom. The van der Waals surface area contributed by atoms with Gasteiger partial charge in [0.05, 0.1) is 5.92 Å². The van der Waals surface area contributed by atoms with E-state index in [1.807, 2.05) is 20.8 Å². The van der Waals surface area contributed by atoms with Gasteiger partial charge >= 0.3 is 5.97 Å². The van der Waals surface area contributed by atoms with E-state index < -0.39 is 0 Å². The summed E-state index contributed by atoms with van der Waals surface area (Å²) in [5.41, 5.74) is -0.359. The maximum Gasteiger partial charge on any atom is 0.310 e. The first-order valence-electron chi connectivity index (χ1n) is 5.76. The molecular weight excluding hydrogens is 190 g/mol. The highest BCUT2D eigenvalue weighted by molar-refractivity contribution is 5.73. The van der Waals surface area contributed by atoms with E-state index >= 15 is 0 Å². The van der Waals surface area contributed by atoms with Crippen molar-refractivity contribution in [2.24, 2.45) is 5.92 Å². The van der Waals surface area contributed by atoms with Crippen molar-refractivity contribution in [2.75, 3.05) is 13.1 Å². The molecule has 1 rings (SSSR count). The van der Waals surface area contributed by atoms with Crippen LogP contribution in [0.15, 0.2) is 0 Å². The minimum absolute atomic E-state index is 0.0364. The average molecular weight is 213 g/mol. The number of ether oxygens (including phenoxy) is 1. The van der Waals surface area contributed by atoms with Gasteiger partial charge in [-0.25, -0.2) is 0 Å². The van der Waals surface area contributed by atoms with Gasteiger partial charge in [0.15, 0.2) is 0 Å². The van der Waals surface area contributed by atoms with Gasteiger partial charge < -0.3 is 9.64 Å². The molecule has 1 heterocycles. The number of esters is 1. The lowest BCUT2D eigenvalue weighted by atomic mass is 10.1. The maximum absolute atomic E-state index is 11.8. The Hall–Kier alpha value is -0.570. The predicted octanol–water partition coefficient (Wildman–Crippen LogP) is 2.06. The summed E-state index contributed by atoms with van der Waals surface area (Å²) in [6, 6.07) is 0.525. The molecule has 3 nitrogen and oxygen atoms in total. The van der Waals surface area contributed by atoms with Crippen LogP contribution >= 0.6 is 0 Å². The Kier molecular flexibility index (Phi) is 3.77. The van der Waals surface area contributed by atoms with Crippen molar-refractivity contribution < 1.29 is 9.53 Å². The first-order valence-corrected chi connectivity index (χ1v) is 5.76. The van der Waals surface area contributed by atoms with E-state index in [0.717, 1.165) is 19.5 Å². The third-order valence-corrected chi connectivity index (χ3v) is 2.69. The van der Waals surface area contributed by atoms with Gasteiger partial charge in [-0.2, -0.15) is 0 Å². The van der Waals surface area contributed by atoms with E-state index in [-0.39, 0.29) is 17.5 Å². The Labute approximate surface area is 92.8 Å². The van der Waals surface area contributed by atoms with Crippen LogP contribution in [0.25, 0.3) is 0 Å². The summed E-state index contributed by atoms with van der Waals surface area (Å²) in [5, 5.41) is 0. The Bertz CT molecular complexity index is 230. The van der Waals surface area contributed by atoms with Gasteiger partial charge in [-0.3, -0.25) is 4.79 Å². The van der Waals surface area contributed by atoms with Crippen molar-refractivity contribution in [3.05, 3.63) is 0 Å². The number of hydrogen-bond acceptors (Lipinski definition) is 3. The molecule has 0 aromatic heterocycles. The van der Waals surface area contributed by atoms with E-state index in [1.54, 1.807) is 0 Å². The van der Waals surface area contributed by atoms with Crippen molar-refractivity contribution in [3.63, 3.8) is 0 Å². The molecule has 15 heavy (non-hydrogen) atoms. The van der Waals surface area contributed by atoms with Crippen LogP contribution in [0.2, 0.25) is 0 Å². The molecule has 1 saturated heterocycles. The first kappa shape index (κ1) is 12.5. The van der Waals surface area contributed by atoms with Crippen molar-refractivity contribution >= 4 is 5.97 Å². The van der Waals surface area contributed by atoms with E-state index in [0.29, 0.717) is 6.04 Å². The highest BCUT2D eigenvalue weighted by Crippen LogP contribution is 2.21. The maximum atomic E-state index is 11.8. The molecule has 0 bridgehead atoms. The van der Waals surface area contributed by atoms with Crippen molar-refractivity contribution in [1.29, 1.82) is 0 Å². The summed E-state index contributed by atoms with van der Waals surface area (Å²) in [6.45, 7) is 11.9. The minimum Gasteiger partial charge on any atom is -0.460 e. The van der Waals surface area contributed by atoms with Crippen molar-refractivity contribution in [2.45, 2.75) is 52.7 Å². The van der Waals surface area contributed by atoms with Crippen LogP contribution in [-0.2, 0) is 9.53 Å². The fourth-order valence-electron chi connectivity index (χ4n) is 1.83. The highest BCUT2D eigenvalue weighted by atomic mass is 16.6. The Balaban J connectivity index is 2.44. The summed E-state index contributed by atoms with van der Waals surface area (Å²) in [6.07, 6.45) is 0.938. The highest BCUT2D eigenvalue weighted by Gasteiger charge is 2.32. The van der Waals surface area contributed by atoms with E-state index in [1.165, 1.54) is 0 Å². The SMILES string of the molecule is CC(C)N1CCC(C(=O)OC(C)(C)C)C1. The van der Waals surface area contributed by atoms with Gasteiger partial charge in [-0.05, 0) is 47.6 Å². The second kappa shape index (κ2) is 4.52. The fourth-order valence-corrected chi connectivity index (χ4v) is 1.83. The third-order valence-electron chi connectivity index (χ3n) is 2.69. The summed E-state index contributed by atoms with van der Waals surface area (Å²) in [4.78, 5) is 14.1. The van der Waals surface area contributed by atoms with Gasteiger partial charge in [0.1, 0.15) is 5.60 Å².